The Hall–Kier alpha value is -3.27. The molecule has 6 heteroatoms. The smallest absolute Gasteiger partial charge is 0.388 e. The van der Waals surface area contributed by atoms with Crippen molar-refractivity contribution in [3.05, 3.63) is 88.3 Å². The molecule has 5 aromatic rings. The standard InChI is InChI=1S/C43H56NO4P/c1-39(2,3)27-20-29-30-21-28(40(4,5)6)23-32(42(10,11)12)37(30)48-49(47-36(29)31(22-27)41(7,8)9)46-34-25-43(13,14)24-33-35(34)44-38(45-33)26-18-16-15-17-19-26/h15-23,34H,24-25H2,1-14H3/t34-/m0/s1. The second-order valence-electron chi connectivity index (χ2n) is 19.0. The second-order valence-corrected chi connectivity index (χ2v) is 20.1. The minimum atomic E-state index is -1.89. The van der Waals surface area contributed by atoms with E-state index < -0.39 is 8.24 Å². The molecule has 6 rings (SSSR count). The zero-order valence-corrected chi connectivity index (χ0v) is 33.1. The molecule has 1 aliphatic carbocycles. The first-order valence-corrected chi connectivity index (χ1v) is 18.9. The number of oxazole rings is 1. The molecule has 0 N–H and O–H groups in total. The molecule has 1 aliphatic rings. The third-order valence-corrected chi connectivity index (χ3v) is 10.9. The van der Waals surface area contributed by atoms with Crippen molar-refractivity contribution in [3.63, 3.8) is 0 Å². The van der Waals surface area contributed by atoms with Crippen LogP contribution in [-0.4, -0.2) is 4.98 Å². The van der Waals surface area contributed by atoms with Crippen LogP contribution in [0.1, 0.15) is 143 Å². The zero-order chi connectivity index (χ0) is 35.9. The van der Waals surface area contributed by atoms with E-state index in [1.807, 2.05) is 30.3 Å². The van der Waals surface area contributed by atoms with Gasteiger partial charge in [0, 0.05) is 33.9 Å². The van der Waals surface area contributed by atoms with Crippen molar-refractivity contribution in [2.75, 3.05) is 0 Å². The molecule has 3 aromatic carbocycles. The monoisotopic (exact) mass is 681 g/mol. The molecule has 262 valence electrons. The summed E-state index contributed by atoms with van der Waals surface area (Å²) in [5.74, 6) is 1.50. The molecule has 2 aromatic heterocycles. The molecule has 0 saturated carbocycles. The van der Waals surface area contributed by atoms with Crippen LogP contribution in [0.15, 0.2) is 67.4 Å². The van der Waals surface area contributed by atoms with Crippen LogP contribution in [-0.2, 0) is 28.1 Å². The van der Waals surface area contributed by atoms with E-state index in [1.54, 1.807) is 0 Å². The molecule has 1 atom stereocenters. The number of benzene rings is 3. The van der Waals surface area contributed by atoms with Crippen molar-refractivity contribution in [2.45, 2.75) is 138 Å². The van der Waals surface area contributed by atoms with Crippen molar-refractivity contribution < 1.29 is 17.3 Å². The molecule has 0 amide bonds. The Labute approximate surface area is 294 Å². The van der Waals surface area contributed by atoms with Crippen LogP contribution in [0, 0.1) is 5.41 Å². The minimum Gasteiger partial charge on any atom is -0.441 e. The molecule has 0 aliphatic heterocycles. The average Bonchev–Trinajstić information content (AvgIpc) is 3.31. The molecule has 0 fully saturated rings. The second kappa shape index (κ2) is 11.9. The number of fused-ring (bicyclic) bond motifs is 4. The lowest BCUT2D eigenvalue weighted by atomic mass is 9.77. The van der Waals surface area contributed by atoms with Gasteiger partial charge in [-0.05, 0) is 68.9 Å². The van der Waals surface area contributed by atoms with Crippen LogP contribution < -0.4 is 4.52 Å². The number of hydrogen-bond acceptors (Lipinski definition) is 5. The van der Waals surface area contributed by atoms with Crippen LogP contribution in [0.3, 0.4) is 0 Å². The molecule has 5 nitrogen and oxygen atoms in total. The lowest BCUT2D eigenvalue weighted by molar-refractivity contribution is 0.144. The van der Waals surface area contributed by atoms with Crippen LogP contribution in [0.4, 0.5) is 0 Å². The van der Waals surface area contributed by atoms with Gasteiger partial charge in [-0.25, -0.2) is 4.98 Å². The minimum absolute atomic E-state index is 0.0570. The molecular weight excluding hydrogens is 625 g/mol. The van der Waals surface area contributed by atoms with E-state index in [9.17, 15) is 0 Å². The lowest BCUT2D eigenvalue weighted by Crippen LogP contribution is -2.27. The maximum atomic E-state index is 7.10. The van der Waals surface area contributed by atoms with Crippen molar-refractivity contribution in [1.29, 1.82) is 0 Å². The highest BCUT2D eigenvalue weighted by Gasteiger charge is 2.39. The van der Waals surface area contributed by atoms with Gasteiger partial charge in [-0.2, -0.15) is 0 Å². The third kappa shape index (κ3) is 7.17. The van der Waals surface area contributed by atoms with E-state index in [2.05, 4.69) is 121 Å². The van der Waals surface area contributed by atoms with Crippen LogP contribution in [0.25, 0.3) is 33.4 Å². The molecule has 0 spiro atoms. The highest BCUT2D eigenvalue weighted by molar-refractivity contribution is 7.31. The van der Waals surface area contributed by atoms with E-state index in [0.29, 0.717) is 5.89 Å². The Morgan fingerprint density at radius 2 is 1.18 bits per heavy atom. The molecule has 0 bridgehead atoms. The molecule has 0 unspecified atom stereocenters. The predicted molar refractivity (Wildman–Crippen MR) is 204 cm³/mol. The van der Waals surface area contributed by atoms with Crippen molar-refractivity contribution in [3.8, 4) is 11.5 Å². The molecule has 0 radical (unpaired) electrons. The van der Waals surface area contributed by atoms with Gasteiger partial charge < -0.3 is 12.8 Å². The highest BCUT2D eigenvalue weighted by Crippen LogP contribution is 2.49. The van der Waals surface area contributed by atoms with Gasteiger partial charge in [0.25, 0.3) is 0 Å². The Balaban J connectivity index is 1.69. The first-order valence-electron chi connectivity index (χ1n) is 17.8. The van der Waals surface area contributed by atoms with Gasteiger partial charge in [0.2, 0.25) is 5.89 Å². The van der Waals surface area contributed by atoms with Gasteiger partial charge in [-0.1, -0.05) is 127 Å². The first-order chi connectivity index (χ1) is 22.5. The Bertz CT molecular complexity index is 1960. The topological polar surface area (TPSA) is 61.5 Å². The normalized spacial score (nSPS) is 17.1. The molecule has 49 heavy (non-hydrogen) atoms. The van der Waals surface area contributed by atoms with Gasteiger partial charge in [-0.15, -0.1) is 0 Å². The third-order valence-electron chi connectivity index (χ3n) is 9.79. The van der Waals surface area contributed by atoms with Gasteiger partial charge in [0.1, 0.15) is 28.7 Å². The summed E-state index contributed by atoms with van der Waals surface area (Å²) in [7, 11) is -1.89. The lowest BCUT2D eigenvalue weighted by Gasteiger charge is -2.32. The van der Waals surface area contributed by atoms with Gasteiger partial charge in [0.15, 0.2) is 0 Å². The van der Waals surface area contributed by atoms with E-state index in [0.717, 1.165) is 62.9 Å². The SMILES string of the molecule is CC1(C)Cc2oc(-c3ccccc3)nc2[C@@H](Op2oc3c(C(C)(C)C)cc(C(C)(C)C)cc3c3cc(C(C)(C)C)cc(C(C)(C)C)c3o2)C1. The molecule has 0 saturated heterocycles. The number of nitrogens with zero attached hydrogens (tertiary/aromatic N) is 1. The van der Waals surface area contributed by atoms with Crippen LogP contribution >= 0.6 is 8.24 Å². The van der Waals surface area contributed by atoms with E-state index >= 15 is 0 Å². The van der Waals surface area contributed by atoms with E-state index in [4.69, 9.17) is 22.3 Å². The number of aromatic nitrogens is 1. The predicted octanol–water partition coefficient (Wildman–Crippen LogP) is 13.3. The first kappa shape index (κ1) is 35.6. The summed E-state index contributed by atoms with van der Waals surface area (Å²) >= 11 is 0. The van der Waals surface area contributed by atoms with Gasteiger partial charge in [0.05, 0.1) is 0 Å². The van der Waals surface area contributed by atoms with E-state index in [-0.39, 0.29) is 33.2 Å². The number of rotatable bonds is 3. The molecule has 2 heterocycles. The number of hydrogen-bond donors (Lipinski definition) is 0. The maximum absolute atomic E-state index is 7.10. The van der Waals surface area contributed by atoms with Crippen LogP contribution in [0.5, 0.6) is 0 Å². The Morgan fingerprint density at radius 1 is 0.694 bits per heavy atom. The summed E-state index contributed by atoms with van der Waals surface area (Å²) in [6, 6.07) is 19.4. The summed E-state index contributed by atoms with van der Waals surface area (Å²) in [6.45, 7) is 31.8. The zero-order valence-electron chi connectivity index (χ0n) is 32.2. The Morgan fingerprint density at radius 3 is 1.63 bits per heavy atom. The van der Waals surface area contributed by atoms with Gasteiger partial charge >= 0.3 is 8.24 Å². The largest absolute Gasteiger partial charge is 0.441 e. The summed E-state index contributed by atoms with van der Waals surface area (Å²) in [5, 5.41) is 2.13. The quantitative estimate of drug-likeness (QED) is 0.190. The fraction of sp³-hybridized carbons (Fsp3) is 0.512. The summed E-state index contributed by atoms with van der Waals surface area (Å²) < 4.78 is 27.7. The Kier molecular flexibility index (Phi) is 8.64. The fourth-order valence-electron chi connectivity index (χ4n) is 6.79. The van der Waals surface area contributed by atoms with Gasteiger partial charge in [-0.3, -0.25) is 4.52 Å². The van der Waals surface area contributed by atoms with Crippen molar-refractivity contribution in [2.24, 2.45) is 5.41 Å². The molecular formula is C43H56NO4P. The average molecular weight is 682 g/mol. The van der Waals surface area contributed by atoms with E-state index in [1.165, 1.54) is 11.1 Å². The highest BCUT2D eigenvalue weighted by atomic mass is 31.1. The maximum Gasteiger partial charge on any atom is 0.388 e. The van der Waals surface area contributed by atoms with Crippen LogP contribution in [0.2, 0.25) is 0 Å². The fourth-order valence-corrected chi connectivity index (χ4v) is 7.98. The summed E-state index contributed by atoms with van der Waals surface area (Å²) in [6.07, 6.45) is 1.21. The van der Waals surface area contributed by atoms with Crippen molar-refractivity contribution in [1.82, 2.24) is 4.98 Å². The summed E-state index contributed by atoms with van der Waals surface area (Å²) in [4.78, 5) is 5.04. The van der Waals surface area contributed by atoms with Crippen molar-refractivity contribution >= 4 is 30.2 Å². The summed E-state index contributed by atoms with van der Waals surface area (Å²) in [5.41, 5.74) is 7.76.